The first-order valence-electron chi connectivity index (χ1n) is 6.83. The molecule has 1 fully saturated rings. The Morgan fingerprint density at radius 3 is 2.86 bits per heavy atom. The van der Waals surface area contributed by atoms with Gasteiger partial charge in [-0.25, -0.2) is 0 Å². The molecule has 2 heterocycles. The first-order chi connectivity index (χ1) is 9.04. The monoisotopic (exact) mass is 337 g/mol. The summed E-state index contributed by atoms with van der Waals surface area (Å²) in [5.41, 5.74) is 6.76. The number of hydrogen-bond acceptors (Lipinski definition) is 4. The summed E-state index contributed by atoms with van der Waals surface area (Å²) in [5.74, 6) is 0.0491. The Labute approximate surface area is 138 Å². The molecular formula is C13H25Cl2N5O. The van der Waals surface area contributed by atoms with E-state index in [9.17, 15) is 4.79 Å². The SMILES string of the molecule is CC(N)CC(=O)NC1CCCN(c2cnn(C)c2)C1.Cl.Cl. The summed E-state index contributed by atoms with van der Waals surface area (Å²) in [6, 6.07) is 0.123. The van der Waals surface area contributed by atoms with Gasteiger partial charge in [0.2, 0.25) is 5.91 Å². The van der Waals surface area contributed by atoms with Crippen LogP contribution in [-0.2, 0) is 11.8 Å². The molecule has 0 radical (unpaired) electrons. The van der Waals surface area contributed by atoms with Gasteiger partial charge >= 0.3 is 0 Å². The molecule has 8 heteroatoms. The molecule has 21 heavy (non-hydrogen) atoms. The average molecular weight is 338 g/mol. The van der Waals surface area contributed by atoms with Gasteiger partial charge in [0.15, 0.2) is 0 Å². The van der Waals surface area contributed by atoms with E-state index in [1.165, 1.54) is 0 Å². The summed E-state index contributed by atoms with van der Waals surface area (Å²) in [5, 5.41) is 7.26. The molecule has 1 aliphatic heterocycles. The van der Waals surface area contributed by atoms with E-state index in [4.69, 9.17) is 5.73 Å². The van der Waals surface area contributed by atoms with E-state index in [1.807, 2.05) is 26.4 Å². The molecule has 6 nitrogen and oxygen atoms in total. The van der Waals surface area contributed by atoms with Gasteiger partial charge in [-0.2, -0.15) is 5.10 Å². The van der Waals surface area contributed by atoms with E-state index in [0.29, 0.717) is 6.42 Å². The van der Waals surface area contributed by atoms with Crippen molar-refractivity contribution in [3.8, 4) is 0 Å². The number of aromatic nitrogens is 2. The van der Waals surface area contributed by atoms with E-state index in [1.54, 1.807) is 4.68 Å². The van der Waals surface area contributed by atoms with Crippen molar-refractivity contribution in [1.29, 1.82) is 0 Å². The molecule has 2 unspecified atom stereocenters. The standard InChI is InChI=1S/C13H23N5O.2ClH/c1-10(14)6-13(19)16-11-4-3-5-18(8-11)12-7-15-17(2)9-12;;/h7,9-11H,3-6,8,14H2,1-2H3,(H,16,19);2*1H. The van der Waals surface area contributed by atoms with Crippen molar-refractivity contribution in [3.05, 3.63) is 12.4 Å². The van der Waals surface area contributed by atoms with Gasteiger partial charge in [0.1, 0.15) is 0 Å². The van der Waals surface area contributed by atoms with Crippen LogP contribution < -0.4 is 16.0 Å². The molecule has 1 aliphatic rings. The van der Waals surface area contributed by atoms with E-state index >= 15 is 0 Å². The molecule has 1 amide bonds. The third kappa shape index (κ3) is 6.11. The lowest BCUT2D eigenvalue weighted by Gasteiger charge is -2.33. The van der Waals surface area contributed by atoms with Crippen molar-refractivity contribution >= 4 is 36.4 Å². The maximum absolute atomic E-state index is 11.7. The number of amides is 1. The fraction of sp³-hybridized carbons (Fsp3) is 0.692. The third-order valence-corrected chi connectivity index (χ3v) is 3.35. The van der Waals surface area contributed by atoms with Crippen molar-refractivity contribution in [2.24, 2.45) is 12.8 Å². The first kappa shape index (κ1) is 20.0. The maximum Gasteiger partial charge on any atom is 0.221 e. The summed E-state index contributed by atoms with van der Waals surface area (Å²) < 4.78 is 1.80. The second-order valence-electron chi connectivity index (χ2n) is 5.41. The molecule has 2 atom stereocenters. The quantitative estimate of drug-likeness (QED) is 0.862. The highest BCUT2D eigenvalue weighted by Crippen LogP contribution is 2.18. The van der Waals surface area contributed by atoms with Crippen LogP contribution in [0.1, 0.15) is 26.2 Å². The molecule has 1 saturated heterocycles. The fourth-order valence-corrected chi connectivity index (χ4v) is 2.48. The lowest BCUT2D eigenvalue weighted by atomic mass is 10.0. The van der Waals surface area contributed by atoms with E-state index in [0.717, 1.165) is 31.6 Å². The van der Waals surface area contributed by atoms with Crippen LogP contribution in [0.5, 0.6) is 0 Å². The van der Waals surface area contributed by atoms with Gasteiger partial charge in [0.05, 0.1) is 11.9 Å². The Hall–Kier alpha value is -0.980. The maximum atomic E-state index is 11.7. The fourth-order valence-electron chi connectivity index (χ4n) is 2.48. The molecule has 0 aromatic carbocycles. The van der Waals surface area contributed by atoms with Gasteiger partial charge in [0.25, 0.3) is 0 Å². The topological polar surface area (TPSA) is 76.2 Å². The van der Waals surface area contributed by atoms with Crippen LogP contribution in [0.3, 0.4) is 0 Å². The summed E-state index contributed by atoms with van der Waals surface area (Å²) in [7, 11) is 1.91. The van der Waals surface area contributed by atoms with Crippen molar-refractivity contribution in [2.75, 3.05) is 18.0 Å². The largest absolute Gasteiger partial charge is 0.367 e. The molecule has 0 aliphatic carbocycles. The highest BCUT2D eigenvalue weighted by Gasteiger charge is 2.22. The van der Waals surface area contributed by atoms with Crippen LogP contribution in [0.15, 0.2) is 12.4 Å². The number of carbonyl (C=O) groups is 1. The van der Waals surface area contributed by atoms with Crippen LogP contribution in [-0.4, -0.2) is 40.9 Å². The predicted octanol–water partition coefficient (Wildman–Crippen LogP) is 1.09. The highest BCUT2D eigenvalue weighted by molar-refractivity contribution is 5.85. The lowest BCUT2D eigenvalue weighted by Crippen LogP contribution is -2.48. The van der Waals surface area contributed by atoms with Gasteiger partial charge in [0, 0.05) is 44.8 Å². The van der Waals surface area contributed by atoms with Gasteiger partial charge in [-0.05, 0) is 19.8 Å². The highest BCUT2D eigenvalue weighted by atomic mass is 35.5. The van der Waals surface area contributed by atoms with Crippen LogP contribution >= 0.6 is 24.8 Å². The molecule has 1 aromatic heterocycles. The number of nitrogens with zero attached hydrogens (tertiary/aromatic N) is 3. The Balaban J connectivity index is 0.00000200. The minimum atomic E-state index is -0.0852. The minimum absolute atomic E-state index is 0. The number of nitrogens with two attached hydrogens (primary N) is 1. The summed E-state index contributed by atoms with van der Waals surface area (Å²) >= 11 is 0. The molecular weight excluding hydrogens is 313 g/mol. The Kier molecular flexibility index (Phi) is 8.70. The van der Waals surface area contributed by atoms with Crippen LogP contribution in [0.25, 0.3) is 0 Å². The van der Waals surface area contributed by atoms with Crippen molar-refractivity contribution in [1.82, 2.24) is 15.1 Å². The first-order valence-corrected chi connectivity index (χ1v) is 6.83. The Bertz CT molecular complexity index is 438. The number of anilines is 1. The zero-order valence-corrected chi connectivity index (χ0v) is 14.1. The van der Waals surface area contributed by atoms with E-state index in [2.05, 4.69) is 15.3 Å². The molecule has 2 rings (SSSR count). The normalized spacial score (nSPS) is 19.2. The minimum Gasteiger partial charge on any atom is -0.367 e. The van der Waals surface area contributed by atoms with E-state index < -0.39 is 0 Å². The summed E-state index contributed by atoms with van der Waals surface area (Å²) in [4.78, 5) is 14.0. The molecule has 0 spiro atoms. The van der Waals surface area contributed by atoms with Crippen LogP contribution in [0.2, 0.25) is 0 Å². The van der Waals surface area contributed by atoms with Crippen molar-refractivity contribution in [3.63, 3.8) is 0 Å². The number of rotatable bonds is 4. The molecule has 0 bridgehead atoms. The predicted molar refractivity (Wildman–Crippen MR) is 89.3 cm³/mol. The van der Waals surface area contributed by atoms with Gasteiger partial charge < -0.3 is 16.0 Å². The summed E-state index contributed by atoms with van der Waals surface area (Å²) in [6.07, 6.45) is 6.38. The molecule has 3 N–H and O–H groups in total. The van der Waals surface area contributed by atoms with Gasteiger partial charge in [-0.15, -0.1) is 24.8 Å². The average Bonchev–Trinajstić information content (AvgIpc) is 2.75. The lowest BCUT2D eigenvalue weighted by molar-refractivity contribution is -0.122. The summed E-state index contributed by atoms with van der Waals surface area (Å²) in [6.45, 7) is 3.71. The molecule has 0 saturated carbocycles. The smallest absolute Gasteiger partial charge is 0.221 e. The number of hydrogen-bond donors (Lipinski definition) is 2. The second kappa shape index (κ2) is 9.12. The van der Waals surface area contributed by atoms with Crippen molar-refractivity contribution < 1.29 is 4.79 Å². The van der Waals surface area contributed by atoms with Gasteiger partial charge in [-0.1, -0.05) is 0 Å². The zero-order chi connectivity index (χ0) is 13.8. The number of piperidine rings is 1. The van der Waals surface area contributed by atoms with Crippen LogP contribution in [0, 0.1) is 0 Å². The second-order valence-corrected chi connectivity index (χ2v) is 5.41. The Morgan fingerprint density at radius 1 is 1.57 bits per heavy atom. The van der Waals surface area contributed by atoms with E-state index in [-0.39, 0.29) is 42.8 Å². The number of aryl methyl sites for hydroxylation is 1. The van der Waals surface area contributed by atoms with Crippen molar-refractivity contribution in [2.45, 2.75) is 38.3 Å². The zero-order valence-electron chi connectivity index (χ0n) is 12.5. The van der Waals surface area contributed by atoms with Gasteiger partial charge in [-0.3, -0.25) is 9.48 Å². The number of halogens is 2. The third-order valence-electron chi connectivity index (χ3n) is 3.35. The molecule has 122 valence electrons. The number of nitrogens with one attached hydrogen (secondary N) is 1. The Morgan fingerprint density at radius 2 is 2.29 bits per heavy atom. The molecule has 1 aromatic rings. The number of carbonyl (C=O) groups excluding carboxylic acids is 1. The van der Waals surface area contributed by atoms with Crippen LogP contribution in [0.4, 0.5) is 5.69 Å².